The maximum atomic E-state index is 10.8. The van der Waals surface area contributed by atoms with Gasteiger partial charge in [0.2, 0.25) is 0 Å². The van der Waals surface area contributed by atoms with E-state index < -0.39 is 10.2 Å². The molecule has 1 aromatic carbocycles. The summed E-state index contributed by atoms with van der Waals surface area (Å²) in [5.41, 5.74) is 1.30. The lowest BCUT2D eigenvalue weighted by Gasteiger charge is -2.01. The zero-order valence-corrected chi connectivity index (χ0v) is 10.3. The van der Waals surface area contributed by atoms with Crippen LogP contribution in [0.2, 0.25) is 0 Å². The van der Waals surface area contributed by atoms with Gasteiger partial charge < -0.3 is 0 Å². The number of hydrogen-bond acceptors (Lipinski definition) is 4. The molecular weight excluding hydrogens is 258 g/mol. The van der Waals surface area contributed by atoms with Crippen LogP contribution in [0.5, 0.6) is 0 Å². The highest BCUT2D eigenvalue weighted by Gasteiger charge is 2.10. The molecule has 88 valence electrons. The first kappa shape index (κ1) is 12.0. The first-order valence-electron chi connectivity index (χ1n) is 4.68. The van der Waals surface area contributed by atoms with Crippen molar-refractivity contribution in [3.63, 3.8) is 0 Å². The second-order valence-electron chi connectivity index (χ2n) is 3.42. The topological polar surface area (TPSA) is 96.0 Å². The van der Waals surface area contributed by atoms with Gasteiger partial charge in [0, 0.05) is 16.6 Å². The predicted molar refractivity (Wildman–Crippen MR) is 66.5 cm³/mol. The molecule has 7 heteroatoms. The van der Waals surface area contributed by atoms with Gasteiger partial charge in [-0.25, -0.2) is 5.14 Å². The highest BCUT2D eigenvalue weighted by molar-refractivity contribution is 7.87. The third-order valence-electron chi connectivity index (χ3n) is 2.26. The van der Waals surface area contributed by atoms with Crippen molar-refractivity contribution in [1.82, 2.24) is 4.72 Å². The van der Waals surface area contributed by atoms with E-state index in [0.717, 1.165) is 15.6 Å². The molecule has 0 aliphatic heterocycles. The molecule has 0 unspecified atom stereocenters. The highest BCUT2D eigenvalue weighted by atomic mass is 32.2. The van der Waals surface area contributed by atoms with Gasteiger partial charge in [0.25, 0.3) is 10.2 Å². The molecule has 0 fully saturated rings. The minimum absolute atomic E-state index is 0.0948. The number of nitriles is 1. The van der Waals surface area contributed by atoms with Crippen LogP contribution in [0.4, 0.5) is 0 Å². The molecule has 1 heterocycles. The fourth-order valence-corrected chi connectivity index (χ4v) is 2.90. The van der Waals surface area contributed by atoms with Crippen molar-refractivity contribution in [2.45, 2.75) is 6.54 Å². The SMILES string of the molecule is N#Cc1cccc2scc(CNS(N)(=O)=O)c12. The number of benzene rings is 1. The van der Waals surface area contributed by atoms with Gasteiger partial charge in [-0.2, -0.15) is 18.4 Å². The Balaban J connectivity index is 2.46. The van der Waals surface area contributed by atoms with E-state index in [1.54, 1.807) is 12.1 Å². The smallest absolute Gasteiger partial charge is 0.216 e. The molecule has 17 heavy (non-hydrogen) atoms. The maximum Gasteiger partial charge on any atom is 0.274 e. The van der Waals surface area contributed by atoms with Crippen molar-refractivity contribution in [2.24, 2.45) is 5.14 Å². The summed E-state index contributed by atoms with van der Waals surface area (Å²) in [5, 5.41) is 16.5. The largest absolute Gasteiger partial charge is 0.274 e. The van der Waals surface area contributed by atoms with E-state index in [0.29, 0.717) is 5.56 Å². The summed E-state index contributed by atoms with van der Waals surface area (Å²) in [6.07, 6.45) is 0. The van der Waals surface area contributed by atoms with Gasteiger partial charge in [0.1, 0.15) is 0 Å². The minimum atomic E-state index is -3.72. The van der Waals surface area contributed by atoms with Gasteiger partial charge in [0.15, 0.2) is 0 Å². The molecule has 2 rings (SSSR count). The van der Waals surface area contributed by atoms with E-state index in [2.05, 4.69) is 10.8 Å². The molecule has 0 saturated heterocycles. The summed E-state index contributed by atoms with van der Waals surface area (Å²) >= 11 is 1.47. The highest BCUT2D eigenvalue weighted by Crippen LogP contribution is 2.28. The van der Waals surface area contributed by atoms with Crippen LogP contribution in [0.25, 0.3) is 10.1 Å². The zero-order valence-electron chi connectivity index (χ0n) is 8.67. The molecule has 0 radical (unpaired) electrons. The standard InChI is InChI=1S/C10H9N3O2S2/c11-4-7-2-1-3-9-10(7)8(6-16-9)5-13-17(12,14)15/h1-3,6,13H,5H2,(H2,12,14,15). The quantitative estimate of drug-likeness (QED) is 0.870. The molecule has 1 aromatic heterocycles. The summed E-state index contributed by atoms with van der Waals surface area (Å²) in [5.74, 6) is 0. The molecule has 0 spiro atoms. The number of thiophene rings is 1. The van der Waals surface area contributed by atoms with Crippen LogP contribution in [-0.2, 0) is 16.8 Å². The zero-order chi connectivity index (χ0) is 12.5. The van der Waals surface area contributed by atoms with E-state index >= 15 is 0 Å². The number of fused-ring (bicyclic) bond motifs is 1. The first-order valence-corrected chi connectivity index (χ1v) is 7.10. The molecule has 0 atom stereocenters. The Kier molecular flexibility index (Phi) is 3.13. The van der Waals surface area contributed by atoms with Crippen LogP contribution in [-0.4, -0.2) is 8.42 Å². The van der Waals surface area contributed by atoms with Gasteiger partial charge in [-0.15, -0.1) is 11.3 Å². The molecule has 5 nitrogen and oxygen atoms in total. The Morgan fingerprint density at radius 2 is 2.24 bits per heavy atom. The van der Waals surface area contributed by atoms with Crippen LogP contribution >= 0.6 is 11.3 Å². The fourth-order valence-electron chi connectivity index (χ4n) is 1.56. The second-order valence-corrected chi connectivity index (χ2v) is 5.71. The van der Waals surface area contributed by atoms with E-state index in [1.807, 2.05) is 11.4 Å². The number of nitrogens with two attached hydrogens (primary N) is 1. The Morgan fingerprint density at radius 3 is 2.88 bits per heavy atom. The molecule has 2 aromatic rings. The molecular formula is C10H9N3O2S2. The van der Waals surface area contributed by atoms with Gasteiger partial charge in [-0.1, -0.05) is 6.07 Å². The molecule has 0 aliphatic rings. The lowest BCUT2D eigenvalue weighted by molar-refractivity contribution is 0.583. The van der Waals surface area contributed by atoms with Crippen molar-refractivity contribution in [1.29, 1.82) is 5.26 Å². The van der Waals surface area contributed by atoms with Gasteiger partial charge in [0.05, 0.1) is 11.6 Å². The van der Waals surface area contributed by atoms with Crippen molar-refractivity contribution >= 4 is 31.6 Å². The number of nitrogens with zero attached hydrogens (tertiary/aromatic N) is 1. The Labute approximate surface area is 103 Å². The van der Waals surface area contributed by atoms with E-state index in [1.165, 1.54) is 11.3 Å². The fraction of sp³-hybridized carbons (Fsp3) is 0.100. The van der Waals surface area contributed by atoms with Crippen LogP contribution < -0.4 is 9.86 Å². The molecule has 0 bridgehead atoms. The summed E-state index contributed by atoms with van der Waals surface area (Å²) < 4.78 is 24.8. The van der Waals surface area contributed by atoms with Crippen molar-refractivity contribution in [3.8, 4) is 6.07 Å². The van der Waals surface area contributed by atoms with E-state index in [9.17, 15) is 8.42 Å². The van der Waals surface area contributed by atoms with E-state index in [4.69, 9.17) is 10.4 Å². The minimum Gasteiger partial charge on any atom is -0.216 e. The molecule has 0 aliphatic carbocycles. The Hall–Kier alpha value is -1.46. The summed E-state index contributed by atoms with van der Waals surface area (Å²) in [6.45, 7) is 0.0948. The Bertz CT molecular complexity index is 698. The monoisotopic (exact) mass is 267 g/mol. The van der Waals surface area contributed by atoms with Gasteiger partial charge >= 0.3 is 0 Å². The predicted octanol–water partition coefficient (Wildman–Crippen LogP) is 1.07. The third-order valence-corrected chi connectivity index (χ3v) is 3.80. The molecule has 3 N–H and O–H groups in total. The first-order chi connectivity index (χ1) is 8.01. The van der Waals surface area contributed by atoms with Crippen molar-refractivity contribution < 1.29 is 8.42 Å². The average molecular weight is 267 g/mol. The van der Waals surface area contributed by atoms with Crippen LogP contribution in [0.3, 0.4) is 0 Å². The second kappa shape index (κ2) is 4.43. The average Bonchev–Trinajstić information content (AvgIpc) is 2.68. The molecule has 0 saturated carbocycles. The van der Waals surface area contributed by atoms with E-state index in [-0.39, 0.29) is 6.54 Å². The van der Waals surface area contributed by atoms with Crippen LogP contribution in [0, 0.1) is 11.3 Å². The normalized spacial score (nSPS) is 11.5. The van der Waals surface area contributed by atoms with Crippen LogP contribution in [0.15, 0.2) is 23.6 Å². The summed E-state index contributed by atoms with van der Waals surface area (Å²) in [6, 6.07) is 7.49. The maximum absolute atomic E-state index is 10.8. The summed E-state index contributed by atoms with van der Waals surface area (Å²) in [7, 11) is -3.72. The van der Waals surface area contributed by atoms with Gasteiger partial charge in [-0.3, -0.25) is 0 Å². The van der Waals surface area contributed by atoms with Crippen molar-refractivity contribution in [2.75, 3.05) is 0 Å². The van der Waals surface area contributed by atoms with Crippen LogP contribution in [0.1, 0.15) is 11.1 Å². The Morgan fingerprint density at radius 1 is 1.47 bits per heavy atom. The number of nitrogens with one attached hydrogen (secondary N) is 1. The lowest BCUT2D eigenvalue weighted by Crippen LogP contribution is -2.30. The number of rotatable bonds is 3. The van der Waals surface area contributed by atoms with Crippen molar-refractivity contribution in [3.05, 3.63) is 34.7 Å². The number of hydrogen-bond donors (Lipinski definition) is 2. The lowest BCUT2D eigenvalue weighted by atomic mass is 10.1. The third kappa shape index (κ3) is 2.62. The van der Waals surface area contributed by atoms with Gasteiger partial charge in [-0.05, 0) is 23.1 Å². The molecule has 0 amide bonds. The summed E-state index contributed by atoms with van der Waals surface area (Å²) in [4.78, 5) is 0.